The van der Waals surface area contributed by atoms with Crippen LogP contribution in [0.15, 0.2) is 45.8 Å². The molecule has 0 radical (unpaired) electrons. The van der Waals surface area contributed by atoms with Gasteiger partial charge in [0, 0.05) is 9.86 Å². The minimum Gasteiger partial charge on any atom is -0.282 e. The van der Waals surface area contributed by atoms with E-state index in [1.807, 2.05) is 6.07 Å². The molecule has 0 amide bonds. The number of hydrogen-bond donors (Lipinski definition) is 1. The van der Waals surface area contributed by atoms with E-state index in [4.69, 9.17) is 4.55 Å². The first kappa shape index (κ1) is 10.6. The summed E-state index contributed by atoms with van der Waals surface area (Å²) in [6, 6.07) is 10.0. The van der Waals surface area contributed by atoms with Crippen LogP contribution in [0.4, 0.5) is 0 Å². The molecule has 0 fully saturated rings. The fourth-order valence-corrected chi connectivity index (χ4v) is 2.51. The molecular formula is C10H7BrO3S. The van der Waals surface area contributed by atoms with Gasteiger partial charge in [-0.25, -0.2) is 0 Å². The van der Waals surface area contributed by atoms with Crippen LogP contribution in [0.2, 0.25) is 0 Å². The summed E-state index contributed by atoms with van der Waals surface area (Å²) in [6.07, 6.45) is 0. The summed E-state index contributed by atoms with van der Waals surface area (Å²) in [5.41, 5.74) is 0. The van der Waals surface area contributed by atoms with Crippen LogP contribution in [0.1, 0.15) is 0 Å². The summed E-state index contributed by atoms with van der Waals surface area (Å²) in [5, 5.41) is 1.28. The van der Waals surface area contributed by atoms with Gasteiger partial charge < -0.3 is 0 Å². The average Bonchev–Trinajstić information content (AvgIpc) is 2.15. The lowest BCUT2D eigenvalue weighted by Crippen LogP contribution is -1.98. The van der Waals surface area contributed by atoms with Crippen molar-refractivity contribution in [2.75, 3.05) is 0 Å². The Balaban J connectivity index is 2.92. The van der Waals surface area contributed by atoms with E-state index in [1.54, 1.807) is 24.3 Å². The van der Waals surface area contributed by atoms with Crippen molar-refractivity contribution in [3.63, 3.8) is 0 Å². The molecule has 0 atom stereocenters. The molecule has 15 heavy (non-hydrogen) atoms. The van der Waals surface area contributed by atoms with Crippen LogP contribution in [0.3, 0.4) is 0 Å². The zero-order valence-electron chi connectivity index (χ0n) is 7.51. The molecule has 0 aromatic heterocycles. The Morgan fingerprint density at radius 1 is 1.13 bits per heavy atom. The van der Waals surface area contributed by atoms with Gasteiger partial charge in [0.2, 0.25) is 0 Å². The molecule has 0 aliphatic carbocycles. The molecular weight excluding hydrogens is 280 g/mol. The van der Waals surface area contributed by atoms with Crippen molar-refractivity contribution < 1.29 is 13.0 Å². The predicted molar refractivity (Wildman–Crippen MR) is 61.5 cm³/mol. The molecule has 0 bridgehead atoms. The minimum atomic E-state index is -4.17. The van der Waals surface area contributed by atoms with Crippen LogP contribution >= 0.6 is 15.9 Å². The third kappa shape index (κ3) is 2.04. The van der Waals surface area contributed by atoms with Gasteiger partial charge in [0.25, 0.3) is 10.1 Å². The SMILES string of the molecule is O=S(=O)(O)c1cccc2ccc(Br)cc12. The Morgan fingerprint density at radius 3 is 2.53 bits per heavy atom. The van der Waals surface area contributed by atoms with Gasteiger partial charge in [-0.3, -0.25) is 4.55 Å². The molecule has 78 valence electrons. The number of fused-ring (bicyclic) bond motifs is 1. The molecule has 0 aliphatic heterocycles. The second-order valence-electron chi connectivity index (χ2n) is 3.10. The maximum atomic E-state index is 11.1. The van der Waals surface area contributed by atoms with Crippen molar-refractivity contribution in [2.45, 2.75) is 4.90 Å². The second-order valence-corrected chi connectivity index (χ2v) is 5.40. The van der Waals surface area contributed by atoms with Gasteiger partial charge in [0.05, 0.1) is 0 Å². The number of hydrogen-bond acceptors (Lipinski definition) is 2. The van der Waals surface area contributed by atoms with Crippen molar-refractivity contribution >= 4 is 36.8 Å². The molecule has 0 unspecified atom stereocenters. The zero-order valence-corrected chi connectivity index (χ0v) is 9.92. The predicted octanol–water partition coefficient (Wildman–Crippen LogP) is 2.85. The van der Waals surface area contributed by atoms with Crippen molar-refractivity contribution in [1.82, 2.24) is 0 Å². The number of halogens is 1. The van der Waals surface area contributed by atoms with Crippen molar-refractivity contribution in [2.24, 2.45) is 0 Å². The van der Waals surface area contributed by atoms with E-state index in [0.29, 0.717) is 5.39 Å². The highest BCUT2D eigenvalue weighted by molar-refractivity contribution is 9.10. The monoisotopic (exact) mass is 286 g/mol. The summed E-state index contributed by atoms with van der Waals surface area (Å²) in [4.78, 5) is -0.0682. The fraction of sp³-hybridized carbons (Fsp3) is 0. The lowest BCUT2D eigenvalue weighted by atomic mass is 10.1. The molecule has 0 saturated heterocycles. The van der Waals surface area contributed by atoms with Crippen molar-refractivity contribution in [3.8, 4) is 0 Å². The summed E-state index contributed by atoms with van der Waals surface area (Å²) < 4.78 is 32.0. The summed E-state index contributed by atoms with van der Waals surface area (Å²) in [5.74, 6) is 0. The van der Waals surface area contributed by atoms with Crippen molar-refractivity contribution in [3.05, 3.63) is 40.9 Å². The molecule has 3 nitrogen and oxygen atoms in total. The Labute approximate surface area is 95.6 Å². The van der Waals surface area contributed by atoms with Crippen LogP contribution in [0.5, 0.6) is 0 Å². The molecule has 5 heteroatoms. The van der Waals surface area contributed by atoms with Gasteiger partial charge in [-0.2, -0.15) is 8.42 Å². The first-order valence-corrected chi connectivity index (χ1v) is 6.37. The van der Waals surface area contributed by atoms with Crippen LogP contribution in [0, 0.1) is 0 Å². The largest absolute Gasteiger partial charge is 0.295 e. The molecule has 0 heterocycles. The highest BCUT2D eigenvalue weighted by Gasteiger charge is 2.13. The van der Waals surface area contributed by atoms with E-state index >= 15 is 0 Å². The topological polar surface area (TPSA) is 54.4 Å². The standard InChI is InChI=1S/C10H7BrO3S/c11-8-5-4-7-2-1-3-10(9(7)6-8)15(12,13)14/h1-6H,(H,12,13,14). The van der Waals surface area contributed by atoms with Crippen LogP contribution in [0.25, 0.3) is 10.8 Å². The Hall–Kier alpha value is -0.910. The summed E-state index contributed by atoms with van der Waals surface area (Å²) >= 11 is 3.26. The normalized spacial score (nSPS) is 11.9. The molecule has 2 aromatic rings. The van der Waals surface area contributed by atoms with E-state index in [1.165, 1.54) is 6.07 Å². The lowest BCUT2D eigenvalue weighted by molar-refractivity contribution is 0.484. The third-order valence-corrected chi connectivity index (χ3v) is 3.49. The minimum absolute atomic E-state index is 0.0682. The Bertz CT molecular complexity index is 620. The van der Waals surface area contributed by atoms with E-state index in [0.717, 1.165) is 9.86 Å². The first-order chi connectivity index (χ1) is 6.98. The summed E-state index contributed by atoms with van der Waals surface area (Å²) in [7, 11) is -4.17. The fourth-order valence-electron chi connectivity index (χ4n) is 1.44. The van der Waals surface area contributed by atoms with Crippen LogP contribution in [-0.2, 0) is 10.1 Å². The van der Waals surface area contributed by atoms with Gasteiger partial charge in [0.1, 0.15) is 4.90 Å². The highest BCUT2D eigenvalue weighted by atomic mass is 79.9. The molecule has 0 spiro atoms. The van der Waals surface area contributed by atoms with Gasteiger partial charge in [-0.05, 0) is 23.6 Å². The third-order valence-electron chi connectivity index (χ3n) is 2.08. The zero-order chi connectivity index (χ0) is 11.1. The van der Waals surface area contributed by atoms with Crippen LogP contribution < -0.4 is 0 Å². The lowest BCUT2D eigenvalue weighted by Gasteiger charge is -2.03. The van der Waals surface area contributed by atoms with Crippen LogP contribution in [-0.4, -0.2) is 13.0 Å². The maximum absolute atomic E-state index is 11.1. The van der Waals surface area contributed by atoms with E-state index in [9.17, 15) is 8.42 Å². The average molecular weight is 287 g/mol. The van der Waals surface area contributed by atoms with Gasteiger partial charge in [-0.1, -0.05) is 34.1 Å². The van der Waals surface area contributed by atoms with Crippen molar-refractivity contribution in [1.29, 1.82) is 0 Å². The smallest absolute Gasteiger partial charge is 0.282 e. The summed E-state index contributed by atoms with van der Waals surface area (Å²) in [6.45, 7) is 0. The maximum Gasteiger partial charge on any atom is 0.295 e. The van der Waals surface area contributed by atoms with Gasteiger partial charge in [-0.15, -0.1) is 0 Å². The number of benzene rings is 2. The second kappa shape index (κ2) is 3.59. The number of rotatable bonds is 1. The Morgan fingerprint density at radius 2 is 1.87 bits per heavy atom. The molecule has 2 aromatic carbocycles. The van der Waals surface area contributed by atoms with E-state index in [2.05, 4.69) is 15.9 Å². The highest BCUT2D eigenvalue weighted by Crippen LogP contribution is 2.25. The first-order valence-electron chi connectivity index (χ1n) is 4.14. The van der Waals surface area contributed by atoms with E-state index in [-0.39, 0.29) is 4.90 Å². The van der Waals surface area contributed by atoms with Gasteiger partial charge in [0.15, 0.2) is 0 Å². The molecule has 2 rings (SSSR count). The molecule has 0 aliphatic rings. The molecule has 0 saturated carbocycles. The quantitative estimate of drug-likeness (QED) is 0.820. The Kier molecular flexibility index (Phi) is 2.54. The molecule has 1 N–H and O–H groups in total. The van der Waals surface area contributed by atoms with Gasteiger partial charge >= 0.3 is 0 Å². The van der Waals surface area contributed by atoms with E-state index < -0.39 is 10.1 Å².